The third-order valence-corrected chi connectivity index (χ3v) is 6.97. The van der Waals surface area contributed by atoms with E-state index in [2.05, 4.69) is 62.5 Å². The molecule has 0 saturated carbocycles. The van der Waals surface area contributed by atoms with Crippen molar-refractivity contribution in [2.24, 2.45) is 5.73 Å². The Morgan fingerprint density at radius 2 is 1.94 bits per heavy atom. The van der Waals surface area contributed by atoms with Gasteiger partial charge in [0.15, 0.2) is 0 Å². The molecule has 2 N–H and O–H groups in total. The van der Waals surface area contributed by atoms with Crippen molar-refractivity contribution < 1.29 is 0 Å². The second kappa shape index (κ2) is 6.36. The highest BCUT2D eigenvalue weighted by atomic mass is 32.2. The van der Waals surface area contributed by atoms with Crippen LogP contribution in [0.5, 0.6) is 0 Å². The van der Waals surface area contributed by atoms with Crippen molar-refractivity contribution in [1.82, 2.24) is 0 Å². The largest absolute Gasteiger partial charge is 0.326 e. The normalized spacial score (nSPS) is 26.0. The lowest BCUT2D eigenvalue weighted by Gasteiger charge is -2.32. The molecule has 0 bridgehead atoms. The van der Waals surface area contributed by atoms with Gasteiger partial charge in [-0.25, -0.2) is 0 Å². The fourth-order valence-electron chi connectivity index (χ4n) is 2.44. The average Bonchev–Trinajstić information content (AvgIpc) is 2.34. The van der Waals surface area contributed by atoms with Crippen molar-refractivity contribution in [2.45, 2.75) is 43.7 Å². The second-order valence-electron chi connectivity index (χ2n) is 5.20. The Kier molecular flexibility index (Phi) is 5.05. The summed E-state index contributed by atoms with van der Waals surface area (Å²) in [5.74, 6) is 2.53. The molecule has 1 heterocycles. The van der Waals surface area contributed by atoms with Crippen molar-refractivity contribution in [3.8, 4) is 0 Å². The van der Waals surface area contributed by atoms with Gasteiger partial charge in [0.05, 0.1) is 0 Å². The zero-order chi connectivity index (χ0) is 13.1. The standard InChI is InChI=1S/C15H23NS2/c1-10-4-5-13(8-11(10)2)9-14(16)15-12(3)17-6-7-18-15/h4-5,8,12,14-15H,6-7,9,16H2,1-3H3. The first-order chi connectivity index (χ1) is 8.58. The first-order valence-electron chi connectivity index (χ1n) is 6.63. The van der Waals surface area contributed by atoms with E-state index >= 15 is 0 Å². The highest BCUT2D eigenvalue weighted by molar-refractivity contribution is 8.07. The summed E-state index contributed by atoms with van der Waals surface area (Å²) < 4.78 is 0. The van der Waals surface area contributed by atoms with Gasteiger partial charge in [-0.2, -0.15) is 23.5 Å². The maximum absolute atomic E-state index is 6.42. The van der Waals surface area contributed by atoms with Crippen molar-refractivity contribution >= 4 is 23.5 Å². The summed E-state index contributed by atoms with van der Waals surface area (Å²) in [5, 5.41) is 1.29. The van der Waals surface area contributed by atoms with Gasteiger partial charge in [-0.15, -0.1) is 0 Å². The van der Waals surface area contributed by atoms with Gasteiger partial charge in [-0.05, 0) is 37.0 Å². The fraction of sp³-hybridized carbons (Fsp3) is 0.600. The molecular weight excluding hydrogens is 258 g/mol. The number of rotatable bonds is 3. The van der Waals surface area contributed by atoms with Crippen molar-refractivity contribution in [3.63, 3.8) is 0 Å². The lowest BCUT2D eigenvalue weighted by molar-refractivity contribution is 0.622. The molecule has 3 unspecified atom stereocenters. The molecule has 1 saturated heterocycles. The summed E-state index contributed by atoms with van der Waals surface area (Å²) >= 11 is 4.13. The Morgan fingerprint density at radius 1 is 1.22 bits per heavy atom. The Morgan fingerprint density at radius 3 is 2.61 bits per heavy atom. The number of benzene rings is 1. The molecule has 0 spiro atoms. The zero-order valence-corrected chi connectivity index (χ0v) is 13.1. The summed E-state index contributed by atoms with van der Waals surface area (Å²) in [5.41, 5.74) is 10.5. The van der Waals surface area contributed by atoms with E-state index in [4.69, 9.17) is 5.73 Å². The van der Waals surface area contributed by atoms with Crippen LogP contribution in [-0.2, 0) is 6.42 Å². The predicted molar refractivity (Wildman–Crippen MR) is 85.8 cm³/mol. The molecule has 1 aromatic rings. The van der Waals surface area contributed by atoms with E-state index < -0.39 is 0 Å². The molecule has 0 aromatic heterocycles. The molecular formula is C15H23NS2. The monoisotopic (exact) mass is 281 g/mol. The van der Waals surface area contributed by atoms with Crippen LogP contribution in [0.2, 0.25) is 0 Å². The Bertz CT molecular complexity index is 405. The minimum absolute atomic E-state index is 0.278. The second-order valence-corrected chi connectivity index (χ2v) is 7.97. The quantitative estimate of drug-likeness (QED) is 0.919. The van der Waals surface area contributed by atoms with Crippen molar-refractivity contribution in [3.05, 3.63) is 34.9 Å². The SMILES string of the molecule is Cc1ccc(CC(N)C2SCCSC2C)cc1C. The van der Waals surface area contributed by atoms with Crippen LogP contribution in [0.1, 0.15) is 23.6 Å². The van der Waals surface area contributed by atoms with E-state index in [1.807, 2.05) is 0 Å². The van der Waals surface area contributed by atoms with Crippen LogP contribution in [0.25, 0.3) is 0 Å². The van der Waals surface area contributed by atoms with Crippen molar-refractivity contribution in [1.29, 1.82) is 0 Å². The molecule has 1 aliphatic heterocycles. The van der Waals surface area contributed by atoms with Crippen molar-refractivity contribution in [2.75, 3.05) is 11.5 Å². The Labute approximate surface area is 119 Å². The van der Waals surface area contributed by atoms with Gasteiger partial charge in [0.25, 0.3) is 0 Å². The predicted octanol–water partition coefficient (Wildman–Crippen LogP) is 3.41. The van der Waals surface area contributed by atoms with Crippen LogP contribution in [0.15, 0.2) is 18.2 Å². The summed E-state index contributed by atoms with van der Waals surface area (Å²) in [7, 11) is 0. The molecule has 18 heavy (non-hydrogen) atoms. The Balaban J connectivity index is 2.01. The molecule has 1 nitrogen and oxygen atoms in total. The van der Waals surface area contributed by atoms with Gasteiger partial charge in [-0.1, -0.05) is 25.1 Å². The number of hydrogen-bond acceptors (Lipinski definition) is 3. The van der Waals surface area contributed by atoms with E-state index in [9.17, 15) is 0 Å². The number of aryl methyl sites for hydroxylation is 2. The number of nitrogens with two attached hydrogens (primary N) is 1. The maximum atomic E-state index is 6.42. The molecule has 2 rings (SSSR count). The van der Waals surface area contributed by atoms with Crippen LogP contribution in [0.4, 0.5) is 0 Å². The third kappa shape index (κ3) is 3.46. The molecule has 1 fully saturated rings. The highest BCUT2D eigenvalue weighted by Gasteiger charge is 2.28. The van der Waals surface area contributed by atoms with Crippen LogP contribution in [-0.4, -0.2) is 28.0 Å². The summed E-state index contributed by atoms with van der Waals surface area (Å²) in [4.78, 5) is 0. The van der Waals surface area contributed by atoms with E-state index in [1.54, 1.807) is 0 Å². The van der Waals surface area contributed by atoms with E-state index in [1.165, 1.54) is 28.2 Å². The summed E-state index contributed by atoms with van der Waals surface area (Å²) in [6, 6.07) is 7.01. The molecule has 0 radical (unpaired) electrons. The molecule has 0 aliphatic carbocycles. The fourth-order valence-corrected chi connectivity index (χ4v) is 5.33. The first kappa shape index (κ1) is 14.3. The van der Waals surface area contributed by atoms with Crippen LogP contribution in [0, 0.1) is 13.8 Å². The summed E-state index contributed by atoms with van der Waals surface area (Å²) in [6.45, 7) is 6.66. The van der Waals surface area contributed by atoms with E-state index in [0.29, 0.717) is 10.5 Å². The summed E-state index contributed by atoms with van der Waals surface area (Å²) in [6.07, 6.45) is 1.00. The lowest BCUT2D eigenvalue weighted by atomic mass is 9.99. The third-order valence-electron chi connectivity index (χ3n) is 3.70. The average molecular weight is 281 g/mol. The minimum Gasteiger partial charge on any atom is -0.326 e. The van der Waals surface area contributed by atoms with Gasteiger partial charge < -0.3 is 5.73 Å². The van der Waals surface area contributed by atoms with E-state index in [-0.39, 0.29) is 6.04 Å². The smallest absolute Gasteiger partial charge is 0.0318 e. The van der Waals surface area contributed by atoms with Gasteiger partial charge in [0, 0.05) is 28.0 Å². The molecule has 0 amide bonds. The van der Waals surface area contributed by atoms with E-state index in [0.717, 1.165) is 6.42 Å². The van der Waals surface area contributed by atoms with Gasteiger partial charge >= 0.3 is 0 Å². The van der Waals surface area contributed by atoms with Gasteiger partial charge in [0.1, 0.15) is 0 Å². The van der Waals surface area contributed by atoms with Crippen LogP contribution < -0.4 is 5.73 Å². The molecule has 1 aromatic carbocycles. The number of thioether (sulfide) groups is 2. The zero-order valence-electron chi connectivity index (χ0n) is 11.5. The first-order valence-corrected chi connectivity index (χ1v) is 8.72. The van der Waals surface area contributed by atoms with Gasteiger partial charge in [0.2, 0.25) is 0 Å². The highest BCUT2D eigenvalue weighted by Crippen LogP contribution is 2.33. The van der Waals surface area contributed by atoms with Crippen LogP contribution in [0.3, 0.4) is 0 Å². The molecule has 3 atom stereocenters. The molecule has 100 valence electrons. The molecule has 1 aliphatic rings. The minimum atomic E-state index is 0.278. The molecule has 3 heteroatoms. The maximum Gasteiger partial charge on any atom is 0.0318 e. The lowest BCUT2D eigenvalue weighted by Crippen LogP contribution is -2.42. The Hall–Kier alpha value is -0.120. The van der Waals surface area contributed by atoms with Gasteiger partial charge in [-0.3, -0.25) is 0 Å². The van der Waals surface area contributed by atoms with Crippen LogP contribution >= 0.6 is 23.5 Å². The topological polar surface area (TPSA) is 26.0 Å². The number of hydrogen-bond donors (Lipinski definition) is 1.